The Morgan fingerprint density at radius 2 is 1.89 bits per heavy atom. The van der Waals surface area contributed by atoms with E-state index in [9.17, 15) is 8.42 Å². The summed E-state index contributed by atoms with van der Waals surface area (Å²) in [6.45, 7) is 1.13. The first-order valence-corrected chi connectivity index (χ1v) is 11.4. The molecule has 1 fully saturated rings. The van der Waals surface area contributed by atoms with E-state index in [4.69, 9.17) is 4.74 Å². The minimum absolute atomic E-state index is 0.0390. The third kappa shape index (κ3) is 3.14. The number of fused-ring (bicyclic) bond motifs is 2. The zero-order valence-corrected chi connectivity index (χ0v) is 16.1. The molecular formula is C19H24N4O3S. The van der Waals surface area contributed by atoms with E-state index >= 15 is 0 Å². The van der Waals surface area contributed by atoms with Gasteiger partial charge in [0, 0.05) is 12.3 Å². The molecule has 2 heterocycles. The van der Waals surface area contributed by atoms with Gasteiger partial charge in [-0.05, 0) is 73.1 Å². The highest BCUT2D eigenvalue weighted by atomic mass is 32.2. The molecule has 1 unspecified atom stereocenters. The summed E-state index contributed by atoms with van der Waals surface area (Å²) in [6, 6.07) is 2.37. The number of aromatic nitrogens is 3. The molecule has 2 aromatic rings. The molecule has 1 saturated heterocycles. The number of aromatic amines is 1. The van der Waals surface area contributed by atoms with Crippen molar-refractivity contribution >= 4 is 21.5 Å². The first kappa shape index (κ1) is 17.2. The summed E-state index contributed by atoms with van der Waals surface area (Å²) in [7, 11) is -3.49. The van der Waals surface area contributed by atoms with E-state index in [1.165, 1.54) is 35.1 Å². The van der Waals surface area contributed by atoms with Crippen LogP contribution in [0.25, 0.3) is 0 Å². The standard InChI is InChI=1S/C19H24N4O3S/c24-27(25,11-12-7-8-26-10-12)19-21-18(22-23-19)20-17-15-5-1-3-13(15)9-14-4-2-6-16(14)17/h9,12H,1-8,10-11H2,(H2,20,21,22,23). The van der Waals surface area contributed by atoms with Gasteiger partial charge in [-0.1, -0.05) is 6.07 Å². The number of H-pyrrole nitrogens is 1. The minimum atomic E-state index is -3.49. The quantitative estimate of drug-likeness (QED) is 0.816. The fourth-order valence-corrected chi connectivity index (χ4v) is 6.08. The van der Waals surface area contributed by atoms with Crippen LogP contribution < -0.4 is 5.32 Å². The lowest BCUT2D eigenvalue weighted by Crippen LogP contribution is -2.17. The Labute approximate surface area is 158 Å². The number of anilines is 2. The number of nitrogens with zero attached hydrogens (tertiary/aromatic N) is 2. The highest BCUT2D eigenvalue weighted by Crippen LogP contribution is 2.39. The summed E-state index contributed by atoms with van der Waals surface area (Å²) < 4.78 is 30.5. The van der Waals surface area contributed by atoms with Crippen LogP contribution in [-0.2, 0) is 40.3 Å². The minimum Gasteiger partial charge on any atom is -0.381 e. The third-order valence-corrected chi connectivity index (χ3v) is 7.63. The molecule has 144 valence electrons. The summed E-state index contributed by atoms with van der Waals surface area (Å²) in [5.41, 5.74) is 6.66. The number of nitrogens with one attached hydrogen (secondary N) is 2. The van der Waals surface area contributed by atoms with Crippen molar-refractivity contribution in [3.05, 3.63) is 28.3 Å². The summed E-state index contributed by atoms with van der Waals surface area (Å²) in [4.78, 5) is 4.26. The third-order valence-electron chi connectivity index (χ3n) is 5.95. The van der Waals surface area contributed by atoms with Gasteiger partial charge in [0.1, 0.15) is 0 Å². The number of ether oxygens (including phenoxy) is 1. The van der Waals surface area contributed by atoms with Crippen molar-refractivity contribution < 1.29 is 13.2 Å². The average molecular weight is 388 g/mol. The molecule has 1 aromatic carbocycles. The second kappa shape index (κ2) is 6.60. The normalized spacial score (nSPS) is 21.4. The summed E-state index contributed by atoms with van der Waals surface area (Å²) in [5, 5.41) is 10.1. The van der Waals surface area contributed by atoms with Crippen LogP contribution in [-0.4, -0.2) is 42.6 Å². The largest absolute Gasteiger partial charge is 0.381 e. The van der Waals surface area contributed by atoms with Crippen molar-refractivity contribution in [1.29, 1.82) is 0 Å². The molecule has 2 N–H and O–H groups in total. The molecule has 8 heteroatoms. The van der Waals surface area contributed by atoms with E-state index in [1.54, 1.807) is 0 Å². The molecule has 0 amide bonds. The molecular weight excluding hydrogens is 364 g/mol. The Hall–Kier alpha value is -1.93. The van der Waals surface area contributed by atoms with E-state index in [1.807, 2.05) is 0 Å². The van der Waals surface area contributed by atoms with Gasteiger partial charge in [-0.15, -0.1) is 5.10 Å². The fraction of sp³-hybridized carbons (Fsp3) is 0.579. The molecule has 0 radical (unpaired) electrons. The topological polar surface area (TPSA) is 97.0 Å². The second-order valence-corrected chi connectivity index (χ2v) is 9.78. The summed E-state index contributed by atoms with van der Waals surface area (Å²) in [6.07, 6.45) is 7.47. The number of benzene rings is 1. The first-order chi connectivity index (χ1) is 13.1. The van der Waals surface area contributed by atoms with Crippen molar-refractivity contribution in [2.24, 2.45) is 5.92 Å². The van der Waals surface area contributed by atoms with Gasteiger partial charge in [-0.2, -0.15) is 4.98 Å². The zero-order chi connectivity index (χ0) is 18.4. The van der Waals surface area contributed by atoms with Gasteiger partial charge in [0.2, 0.25) is 20.9 Å². The van der Waals surface area contributed by atoms with Gasteiger partial charge >= 0.3 is 0 Å². The monoisotopic (exact) mass is 388 g/mol. The van der Waals surface area contributed by atoms with E-state index < -0.39 is 9.84 Å². The Bertz CT molecular complexity index is 945. The maximum atomic E-state index is 12.6. The Balaban J connectivity index is 1.42. The first-order valence-electron chi connectivity index (χ1n) is 9.76. The molecule has 27 heavy (non-hydrogen) atoms. The lowest BCUT2D eigenvalue weighted by atomic mass is 9.99. The molecule has 1 aromatic heterocycles. The van der Waals surface area contributed by atoms with Crippen molar-refractivity contribution in [3.8, 4) is 0 Å². The highest BCUT2D eigenvalue weighted by Gasteiger charge is 2.28. The maximum absolute atomic E-state index is 12.6. The van der Waals surface area contributed by atoms with Crippen LogP contribution in [0.3, 0.4) is 0 Å². The lowest BCUT2D eigenvalue weighted by Gasteiger charge is -2.15. The van der Waals surface area contributed by atoms with Crippen LogP contribution in [0.4, 0.5) is 11.6 Å². The smallest absolute Gasteiger partial charge is 0.247 e. The van der Waals surface area contributed by atoms with Crippen LogP contribution in [0.15, 0.2) is 11.2 Å². The number of sulfone groups is 1. The van der Waals surface area contributed by atoms with Crippen molar-refractivity contribution in [1.82, 2.24) is 15.2 Å². The van der Waals surface area contributed by atoms with Gasteiger partial charge in [0.25, 0.3) is 0 Å². The number of hydrogen-bond acceptors (Lipinski definition) is 6. The molecule has 1 aliphatic heterocycles. The zero-order valence-electron chi connectivity index (χ0n) is 15.3. The fourth-order valence-electron chi connectivity index (χ4n) is 4.62. The maximum Gasteiger partial charge on any atom is 0.247 e. The predicted octanol–water partition coefficient (Wildman–Crippen LogP) is 2.34. The van der Waals surface area contributed by atoms with Crippen LogP contribution >= 0.6 is 0 Å². The van der Waals surface area contributed by atoms with Crippen molar-refractivity contribution in [3.63, 3.8) is 0 Å². The highest BCUT2D eigenvalue weighted by molar-refractivity contribution is 7.91. The Kier molecular flexibility index (Phi) is 4.20. The lowest BCUT2D eigenvalue weighted by molar-refractivity contribution is 0.188. The van der Waals surface area contributed by atoms with Crippen molar-refractivity contribution in [2.75, 3.05) is 24.3 Å². The number of aryl methyl sites for hydroxylation is 2. The van der Waals surface area contributed by atoms with Crippen LogP contribution in [0, 0.1) is 5.92 Å². The van der Waals surface area contributed by atoms with E-state index in [-0.39, 0.29) is 16.8 Å². The Morgan fingerprint density at radius 1 is 1.15 bits per heavy atom. The molecule has 0 saturated carbocycles. The van der Waals surface area contributed by atoms with Crippen LogP contribution in [0.2, 0.25) is 0 Å². The van der Waals surface area contributed by atoms with Gasteiger partial charge in [-0.25, -0.2) is 13.5 Å². The average Bonchev–Trinajstić information content (AvgIpc) is 3.41. The molecule has 5 rings (SSSR count). The van der Waals surface area contributed by atoms with E-state index in [0.717, 1.165) is 37.8 Å². The number of hydrogen-bond donors (Lipinski definition) is 2. The molecule has 0 spiro atoms. The van der Waals surface area contributed by atoms with Crippen molar-refractivity contribution in [2.45, 2.75) is 50.1 Å². The molecule has 2 aliphatic carbocycles. The second-order valence-electron chi connectivity index (χ2n) is 7.83. The predicted molar refractivity (Wildman–Crippen MR) is 101 cm³/mol. The molecule has 1 atom stereocenters. The number of rotatable bonds is 5. The Morgan fingerprint density at radius 3 is 2.56 bits per heavy atom. The SMILES string of the molecule is O=S(=O)(CC1CCOC1)c1nc(Nc2c3c(cc4c2CCC4)CCC3)n[nH]1. The molecule has 7 nitrogen and oxygen atoms in total. The van der Waals surface area contributed by atoms with Gasteiger partial charge in [0.05, 0.1) is 12.4 Å². The van der Waals surface area contributed by atoms with E-state index in [2.05, 4.69) is 26.6 Å². The summed E-state index contributed by atoms with van der Waals surface area (Å²) in [5.74, 6) is 0.431. The van der Waals surface area contributed by atoms with Gasteiger partial charge < -0.3 is 10.1 Å². The summed E-state index contributed by atoms with van der Waals surface area (Å²) >= 11 is 0. The van der Waals surface area contributed by atoms with Gasteiger partial charge in [0.15, 0.2) is 0 Å². The molecule has 3 aliphatic rings. The van der Waals surface area contributed by atoms with Gasteiger partial charge in [-0.3, -0.25) is 0 Å². The van der Waals surface area contributed by atoms with Crippen LogP contribution in [0.1, 0.15) is 41.5 Å². The molecule has 0 bridgehead atoms. The van der Waals surface area contributed by atoms with E-state index in [0.29, 0.717) is 19.2 Å². The van der Waals surface area contributed by atoms with Crippen LogP contribution in [0.5, 0.6) is 0 Å².